The minimum Gasteiger partial charge on any atom is -0.424 e. The summed E-state index contributed by atoms with van der Waals surface area (Å²) in [5.41, 5.74) is 1.42. The lowest BCUT2D eigenvalue weighted by atomic mass is 10.1. The minimum atomic E-state index is -0.892. The summed E-state index contributed by atoms with van der Waals surface area (Å²) < 4.78 is 7.28. The van der Waals surface area contributed by atoms with Crippen LogP contribution in [0.5, 0.6) is 11.8 Å². The van der Waals surface area contributed by atoms with Gasteiger partial charge in [-0.3, -0.25) is 24.9 Å². The first-order chi connectivity index (χ1) is 16.4. The van der Waals surface area contributed by atoms with Crippen LogP contribution in [0.25, 0.3) is 11.1 Å². The summed E-state index contributed by atoms with van der Waals surface area (Å²) in [6.45, 7) is 0. The lowest BCUT2D eigenvalue weighted by Crippen LogP contribution is -2.34. The van der Waals surface area contributed by atoms with Crippen LogP contribution in [0.1, 0.15) is 10.4 Å². The Labute approximate surface area is 192 Å². The highest BCUT2D eigenvalue weighted by Crippen LogP contribution is 2.22. The van der Waals surface area contributed by atoms with Crippen molar-refractivity contribution in [2.45, 2.75) is 0 Å². The number of carbonyl (C=O) groups is 2. The van der Waals surface area contributed by atoms with Gasteiger partial charge in [-0.15, -0.1) is 0 Å². The first kappa shape index (κ1) is 22.1. The molecule has 34 heavy (non-hydrogen) atoms. The van der Waals surface area contributed by atoms with Gasteiger partial charge in [0.1, 0.15) is 11.3 Å². The normalized spacial score (nSPS) is 10.4. The highest BCUT2D eigenvalue weighted by atomic mass is 16.6. The number of nitro groups is 1. The summed E-state index contributed by atoms with van der Waals surface area (Å²) in [7, 11) is 1.82. The zero-order chi connectivity index (χ0) is 24.1. The fourth-order valence-electron chi connectivity index (χ4n) is 2.96. The van der Waals surface area contributed by atoms with Gasteiger partial charge in [0.25, 0.3) is 11.6 Å². The maximum absolute atomic E-state index is 12.2. The van der Waals surface area contributed by atoms with Crippen LogP contribution in [0.15, 0.2) is 73.3 Å². The molecule has 2 N–H and O–H groups in total. The summed E-state index contributed by atoms with van der Waals surface area (Å²) in [5.74, 6) is -0.465. The number of ether oxygens (including phenoxy) is 1. The van der Waals surface area contributed by atoms with Crippen LogP contribution in [0.4, 0.5) is 16.2 Å². The molecule has 0 unspecified atom stereocenters. The van der Waals surface area contributed by atoms with Gasteiger partial charge in [-0.25, -0.2) is 14.8 Å². The average molecular weight is 459 g/mol. The Hall–Kier alpha value is -5.13. The van der Waals surface area contributed by atoms with Crippen LogP contribution in [-0.2, 0) is 7.05 Å². The van der Waals surface area contributed by atoms with Crippen LogP contribution in [0.3, 0.4) is 0 Å². The fraction of sp³-hybridized carbons (Fsp3) is 0.0455. The molecule has 0 bridgehead atoms. The maximum atomic E-state index is 12.2. The van der Waals surface area contributed by atoms with Gasteiger partial charge in [-0.2, -0.15) is 5.10 Å². The molecule has 2 heterocycles. The molecule has 2 aromatic carbocycles. The lowest BCUT2D eigenvalue weighted by molar-refractivity contribution is -0.385. The van der Waals surface area contributed by atoms with Crippen molar-refractivity contribution in [3.05, 3.63) is 89.0 Å². The third-order valence-corrected chi connectivity index (χ3v) is 4.56. The van der Waals surface area contributed by atoms with Crippen molar-refractivity contribution in [2.75, 3.05) is 5.32 Å². The van der Waals surface area contributed by atoms with Gasteiger partial charge in [-0.1, -0.05) is 12.1 Å². The number of rotatable bonds is 6. The van der Waals surface area contributed by atoms with E-state index in [9.17, 15) is 19.7 Å². The molecule has 0 atom stereocenters. The zero-order valence-electron chi connectivity index (χ0n) is 17.7. The van der Waals surface area contributed by atoms with Crippen LogP contribution in [0, 0.1) is 10.1 Å². The summed E-state index contributed by atoms with van der Waals surface area (Å²) in [6.07, 6.45) is 6.78. The molecule has 0 aliphatic rings. The molecular weight excluding hydrogens is 442 g/mol. The van der Waals surface area contributed by atoms with Gasteiger partial charge in [0.15, 0.2) is 0 Å². The highest BCUT2D eigenvalue weighted by Gasteiger charge is 2.20. The van der Waals surface area contributed by atoms with Crippen LogP contribution in [0.2, 0.25) is 0 Å². The summed E-state index contributed by atoms with van der Waals surface area (Å²) >= 11 is 0. The van der Waals surface area contributed by atoms with Gasteiger partial charge in [0.05, 0.1) is 11.1 Å². The fourth-order valence-corrected chi connectivity index (χ4v) is 2.96. The number of amides is 3. The number of anilines is 1. The van der Waals surface area contributed by atoms with E-state index < -0.39 is 22.5 Å². The summed E-state index contributed by atoms with van der Waals surface area (Å²) in [5, 5.41) is 19.7. The van der Waals surface area contributed by atoms with E-state index in [2.05, 4.69) is 25.7 Å². The second-order valence-corrected chi connectivity index (χ2v) is 6.97. The predicted octanol–water partition coefficient (Wildman–Crippen LogP) is 3.54. The largest absolute Gasteiger partial charge is 0.424 e. The van der Waals surface area contributed by atoms with E-state index in [1.807, 2.05) is 13.2 Å². The van der Waals surface area contributed by atoms with Crippen molar-refractivity contribution in [3.8, 4) is 22.9 Å². The second kappa shape index (κ2) is 9.56. The van der Waals surface area contributed by atoms with Gasteiger partial charge >= 0.3 is 12.0 Å². The molecule has 0 radical (unpaired) electrons. The molecule has 4 aromatic rings. The topological polar surface area (TPSA) is 154 Å². The second-order valence-electron chi connectivity index (χ2n) is 6.97. The zero-order valence-corrected chi connectivity index (χ0v) is 17.7. The molecule has 3 amide bonds. The van der Waals surface area contributed by atoms with Gasteiger partial charge in [0, 0.05) is 48.5 Å². The van der Waals surface area contributed by atoms with Crippen molar-refractivity contribution >= 4 is 23.3 Å². The van der Waals surface area contributed by atoms with E-state index >= 15 is 0 Å². The molecule has 0 spiro atoms. The number of imide groups is 1. The van der Waals surface area contributed by atoms with E-state index in [0.29, 0.717) is 11.4 Å². The number of para-hydroxylation sites is 1. The lowest BCUT2D eigenvalue weighted by Gasteiger charge is -2.08. The molecule has 12 heteroatoms. The third-order valence-electron chi connectivity index (χ3n) is 4.56. The quantitative estimate of drug-likeness (QED) is 0.328. The van der Waals surface area contributed by atoms with Gasteiger partial charge in [-0.05, 0) is 30.3 Å². The number of hydrogen-bond acceptors (Lipinski definition) is 8. The van der Waals surface area contributed by atoms with E-state index in [0.717, 1.165) is 11.1 Å². The number of urea groups is 1. The Morgan fingerprint density at radius 1 is 1.00 bits per heavy atom. The van der Waals surface area contributed by atoms with Crippen molar-refractivity contribution in [1.29, 1.82) is 0 Å². The first-order valence-electron chi connectivity index (χ1n) is 9.84. The molecule has 0 saturated carbocycles. The molecule has 4 rings (SSSR count). The third kappa shape index (κ3) is 5.19. The Morgan fingerprint density at radius 3 is 2.35 bits per heavy atom. The van der Waals surface area contributed by atoms with E-state index in [-0.39, 0.29) is 11.6 Å². The van der Waals surface area contributed by atoms with E-state index in [1.54, 1.807) is 47.5 Å². The Bertz CT molecular complexity index is 1350. The van der Waals surface area contributed by atoms with E-state index in [1.165, 1.54) is 24.3 Å². The Morgan fingerprint density at radius 2 is 1.71 bits per heavy atom. The number of aromatic nitrogens is 4. The van der Waals surface area contributed by atoms with Crippen LogP contribution >= 0.6 is 0 Å². The van der Waals surface area contributed by atoms with Crippen LogP contribution < -0.4 is 15.4 Å². The van der Waals surface area contributed by atoms with Crippen molar-refractivity contribution in [2.24, 2.45) is 7.05 Å². The monoisotopic (exact) mass is 459 g/mol. The molecule has 0 aliphatic heterocycles. The van der Waals surface area contributed by atoms with Gasteiger partial charge in [0.2, 0.25) is 0 Å². The SMILES string of the molecule is Cn1cc(-c2cnc(Oc3ccc(NC(=O)NC(=O)c4ccccc4[N+](=O)[O-])cc3)nc2)cn1. The number of nitrogens with one attached hydrogen (secondary N) is 2. The average Bonchev–Trinajstić information content (AvgIpc) is 3.27. The number of carbonyl (C=O) groups excluding carboxylic acids is 2. The van der Waals surface area contributed by atoms with Crippen molar-refractivity contribution in [3.63, 3.8) is 0 Å². The van der Waals surface area contributed by atoms with Gasteiger partial charge < -0.3 is 10.1 Å². The molecule has 12 nitrogen and oxygen atoms in total. The molecule has 0 aliphatic carbocycles. The summed E-state index contributed by atoms with van der Waals surface area (Å²) in [4.78, 5) is 43.1. The maximum Gasteiger partial charge on any atom is 0.326 e. The number of nitro benzene ring substituents is 1. The predicted molar refractivity (Wildman–Crippen MR) is 120 cm³/mol. The highest BCUT2D eigenvalue weighted by molar-refractivity contribution is 6.09. The van der Waals surface area contributed by atoms with Crippen LogP contribution in [-0.4, -0.2) is 36.6 Å². The molecule has 0 fully saturated rings. The number of hydrogen-bond donors (Lipinski definition) is 2. The molecule has 0 saturated heterocycles. The first-order valence-corrected chi connectivity index (χ1v) is 9.84. The Balaban J connectivity index is 1.34. The Kier molecular flexibility index (Phi) is 6.21. The number of nitrogens with zero attached hydrogens (tertiary/aromatic N) is 5. The van der Waals surface area contributed by atoms with Crippen molar-refractivity contribution in [1.82, 2.24) is 25.1 Å². The molecule has 170 valence electrons. The molecular formula is C22H17N7O5. The standard InChI is InChI=1S/C22H17N7O5/c1-28-13-15(12-25-28)14-10-23-22(24-11-14)34-17-8-6-16(7-9-17)26-21(31)27-20(30)18-4-2-3-5-19(18)29(32)33/h2-13H,1H3,(H2,26,27,30,31). The molecule has 2 aromatic heterocycles. The summed E-state index contributed by atoms with van der Waals surface area (Å²) in [6, 6.07) is 10.9. The van der Waals surface area contributed by atoms with Crippen molar-refractivity contribution < 1.29 is 19.2 Å². The number of aryl methyl sites for hydroxylation is 1. The minimum absolute atomic E-state index is 0.140. The number of benzene rings is 2. The smallest absolute Gasteiger partial charge is 0.326 e. The van der Waals surface area contributed by atoms with E-state index in [4.69, 9.17) is 4.74 Å².